The Hall–Kier alpha value is -3.08. The fourth-order valence-electron chi connectivity index (χ4n) is 3.80. The van der Waals surface area contributed by atoms with Crippen LogP contribution in [0.15, 0.2) is 45.6 Å². The molecule has 0 atom stereocenters. The van der Waals surface area contributed by atoms with E-state index < -0.39 is 0 Å². The number of carbonyl (C=O) groups excluding carboxylic acids is 1. The Morgan fingerprint density at radius 3 is 2.50 bits per heavy atom. The highest BCUT2D eigenvalue weighted by atomic mass is 16.5. The molecule has 1 aliphatic carbocycles. The van der Waals surface area contributed by atoms with E-state index >= 15 is 0 Å². The second-order valence-corrected chi connectivity index (χ2v) is 7.17. The summed E-state index contributed by atoms with van der Waals surface area (Å²) in [6, 6.07) is 11.0. The third kappa shape index (κ3) is 3.40. The summed E-state index contributed by atoms with van der Waals surface area (Å²) in [6.07, 6.45) is 3.70. The molecule has 0 spiro atoms. The summed E-state index contributed by atoms with van der Waals surface area (Å²) in [5.41, 5.74) is 4.63. The van der Waals surface area contributed by atoms with Crippen LogP contribution in [-0.4, -0.2) is 13.1 Å². The SMILES string of the molecule is COC(=O)c1ccc(COc2cc(C)cc3oc(=O)c4c(c23)CCCC4)cc1. The molecule has 0 unspecified atom stereocenters. The number of methoxy groups -OCH3 is 1. The molecule has 1 aromatic heterocycles. The molecular weight excluding hydrogens is 356 g/mol. The van der Waals surface area contributed by atoms with Gasteiger partial charge in [0.1, 0.15) is 17.9 Å². The predicted octanol–water partition coefficient (Wildman–Crippen LogP) is 4.35. The van der Waals surface area contributed by atoms with E-state index in [0.717, 1.165) is 59.1 Å². The topological polar surface area (TPSA) is 65.7 Å². The lowest BCUT2D eigenvalue weighted by Crippen LogP contribution is -2.16. The van der Waals surface area contributed by atoms with Gasteiger partial charge < -0.3 is 13.9 Å². The Labute approximate surface area is 162 Å². The lowest BCUT2D eigenvalue weighted by atomic mass is 9.90. The summed E-state index contributed by atoms with van der Waals surface area (Å²) < 4.78 is 16.5. The van der Waals surface area contributed by atoms with E-state index in [-0.39, 0.29) is 11.6 Å². The van der Waals surface area contributed by atoms with Gasteiger partial charge in [0, 0.05) is 5.56 Å². The third-order valence-corrected chi connectivity index (χ3v) is 5.20. The molecule has 0 saturated heterocycles. The van der Waals surface area contributed by atoms with E-state index in [4.69, 9.17) is 13.9 Å². The number of hydrogen-bond acceptors (Lipinski definition) is 5. The zero-order chi connectivity index (χ0) is 19.7. The minimum absolute atomic E-state index is 0.225. The molecule has 144 valence electrons. The van der Waals surface area contributed by atoms with E-state index in [1.807, 2.05) is 31.2 Å². The van der Waals surface area contributed by atoms with E-state index in [0.29, 0.717) is 17.8 Å². The Morgan fingerprint density at radius 2 is 1.79 bits per heavy atom. The van der Waals surface area contributed by atoms with Gasteiger partial charge in [-0.05, 0) is 73.6 Å². The molecule has 3 aromatic rings. The van der Waals surface area contributed by atoms with Crippen molar-refractivity contribution in [1.82, 2.24) is 0 Å². The minimum Gasteiger partial charge on any atom is -0.488 e. The molecule has 2 aromatic carbocycles. The summed E-state index contributed by atoms with van der Waals surface area (Å²) >= 11 is 0. The number of rotatable bonds is 4. The number of carbonyl (C=O) groups is 1. The Morgan fingerprint density at radius 1 is 1.07 bits per heavy atom. The largest absolute Gasteiger partial charge is 0.488 e. The maximum absolute atomic E-state index is 12.3. The van der Waals surface area contributed by atoms with Crippen molar-refractivity contribution in [2.45, 2.75) is 39.2 Å². The average molecular weight is 378 g/mol. The molecular formula is C23H22O5. The zero-order valence-electron chi connectivity index (χ0n) is 16.0. The van der Waals surface area contributed by atoms with Crippen molar-refractivity contribution in [3.8, 4) is 5.75 Å². The number of benzene rings is 2. The molecule has 0 radical (unpaired) electrons. The molecule has 0 amide bonds. The van der Waals surface area contributed by atoms with Crippen LogP contribution in [-0.2, 0) is 24.2 Å². The summed E-state index contributed by atoms with van der Waals surface area (Å²) in [4.78, 5) is 23.9. The minimum atomic E-state index is -0.362. The third-order valence-electron chi connectivity index (χ3n) is 5.20. The number of aryl methyl sites for hydroxylation is 2. The van der Waals surface area contributed by atoms with E-state index in [1.165, 1.54) is 7.11 Å². The van der Waals surface area contributed by atoms with Crippen LogP contribution >= 0.6 is 0 Å². The summed E-state index contributed by atoms with van der Waals surface area (Å²) in [5, 5.41) is 0.908. The standard InChI is InChI=1S/C23H22O5/c1-14-11-19(27-13-15-7-9-16(10-8-15)22(24)26-2)21-17-5-3-4-6-18(17)23(25)28-20(21)12-14/h7-12H,3-6,13H2,1-2H3. The molecule has 0 aliphatic heterocycles. The van der Waals surface area contributed by atoms with Gasteiger partial charge in [0.2, 0.25) is 0 Å². The van der Waals surface area contributed by atoms with Crippen LogP contribution in [0.25, 0.3) is 11.0 Å². The van der Waals surface area contributed by atoms with Crippen LogP contribution in [0, 0.1) is 6.92 Å². The van der Waals surface area contributed by atoms with E-state index in [2.05, 4.69) is 0 Å². The first kappa shape index (κ1) is 18.3. The predicted molar refractivity (Wildman–Crippen MR) is 106 cm³/mol. The number of esters is 1. The maximum Gasteiger partial charge on any atom is 0.339 e. The van der Waals surface area contributed by atoms with Crippen LogP contribution < -0.4 is 10.4 Å². The molecule has 0 fully saturated rings. The highest BCUT2D eigenvalue weighted by Crippen LogP contribution is 2.35. The normalized spacial score (nSPS) is 13.2. The molecule has 0 bridgehead atoms. The van der Waals surface area contributed by atoms with Crippen LogP contribution in [0.1, 0.15) is 45.5 Å². The molecule has 5 nitrogen and oxygen atoms in total. The van der Waals surface area contributed by atoms with E-state index in [9.17, 15) is 9.59 Å². The van der Waals surface area contributed by atoms with Gasteiger partial charge in [-0.1, -0.05) is 12.1 Å². The van der Waals surface area contributed by atoms with Crippen LogP contribution in [0.3, 0.4) is 0 Å². The van der Waals surface area contributed by atoms with Gasteiger partial charge in [-0.25, -0.2) is 9.59 Å². The van der Waals surface area contributed by atoms with Crippen molar-refractivity contribution in [1.29, 1.82) is 0 Å². The number of ether oxygens (including phenoxy) is 2. The van der Waals surface area contributed by atoms with Gasteiger partial charge in [-0.2, -0.15) is 0 Å². The van der Waals surface area contributed by atoms with Crippen molar-refractivity contribution in [3.63, 3.8) is 0 Å². The quantitative estimate of drug-likeness (QED) is 0.499. The van der Waals surface area contributed by atoms with Gasteiger partial charge >= 0.3 is 11.6 Å². The van der Waals surface area contributed by atoms with Crippen molar-refractivity contribution in [2.24, 2.45) is 0 Å². The molecule has 0 N–H and O–H groups in total. The summed E-state index contributed by atoms with van der Waals surface area (Å²) in [6.45, 7) is 2.31. The van der Waals surface area contributed by atoms with Crippen LogP contribution in [0.4, 0.5) is 0 Å². The van der Waals surface area contributed by atoms with Gasteiger partial charge in [-0.15, -0.1) is 0 Å². The fraction of sp³-hybridized carbons (Fsp3) is 0.304. The average Bonchev–Trinajstić information content (AvgIpc) is 2.71. The first-order chi connectivity index (χ1) is 13.6. The van der Waals surface area contributed by atoms with Gasteiger partial charge in [0.25, 0.3) is 0 Å². The molecule has 1 heterocycles. The fourth-order valence-corrected chi connectivity index (χ4v) is 3.80. The van der Waals surface area contributed by atoms with Crippen molar-refractivity contribution >= 4 is 16.9 Å². The first-order valence-electron chi connectivity index (χ1n) is 9.46. The second-order valence-electron chi connectivity index (χ2n) is 7.17. The maximum atomic E-state index is 12.3. The van der Waals surface area contributed by atoms with Crippen LogP contribution in [0.5, 0.6) is 5.75 Å². The Kier molecular flexibility index (Phi) is 4.90. The first-order valence-corrected chi connectivity index (χ1v) is 9.46. The summed E-state index contributed by atoms with van der Waals surface area (Å²) in [5.74, 6) is 0.368. The highest BCUT2D eigenvalue weighted by molar-refractivity contribution is 5.89. The number of hydrogen-bond donors (Lipinski definition) is 0. The van der Waals surface area contributed by atoms with Gasteiger partial charge in [0.15, 0.2) is 0 Å². The van der Waals surface area contributed by atoms with Crippen LogP contribution in [0.2, 0.25) is 0 Å². The Bertz CT molecular complexity index is 1090. The van der Waals surface area contributed by atoms with Crippen molar-refractivity contribution < 1.29 is 18.7 Å². The zero-order valence-corrected chi connectivity index (χ0v) is 16.0. The molecule has 5 heteroatoms. The van der Waals surface area contributed by atoms with Crippen molar-refractivity contribution in [2.75, 3.05) is 7.11 Å². The van der Waals surface area contributed by atoms with Gasteiger partial charge in [0.05, 0.1) is 18.1 Å². The molecule has 1 aliphatic rings. The smallest absolute Gasteiger partial charge is 0.339 e. The monoisotopic (exact) mass is 378 g/mol. The molecule has 4 rings (SSSR count). The number of fused-ring (bicyclic) bond motifs is 3. The lowest BCUT2D eigenvalue weighted by Gasteiger charge is -2.19. The lowest BCUT2D eigenvalue weighted by molar-refractivity contribution is 0.0600. The second kappa shape index (κ2) is 7.50. The molecule has 28 heavy (non-hydrogen) atoms. The Balaban J connectivity index is 1.68. The van der Waals surface area contributed by atoms with E-state index in [1.54, 1.807) is 12.1 Å². The van der Waals surface area contributed by atoms with Gasteiger partial charge in [-0.3, -0.25) is 0 Å². The van der Waals surface area contributed by atoms with Crippen molar-refractivity contribution in [3.05, 3.63) is 74.6 Å². The highest BCUT2D eigenvalue weighted by Gasteiger charge is 2.21. The summed E-state index contributed by atoms with van der Waals surface area (Å²) in [7, 11) is 1.36. The molecule has 0 saturated carbocycles.